The summed E-state index contributed by atoms with van der Waals surface area (Å²) in [6, 6.07) is 4.28. The number of halogens is 1. The number of carbonyl (C=O) groups excluding carboxylic acids is 1. The number of hydrogen-bond acceptors (Lipinski definition) is 3. The van der Waals surface area contributed by atoms with Crippen molar-refractivity contribution in [1.29, 1.82) is 0 Å². The molecule has 0 saturated carbocycles. The van der Waals surface area contributed by atoms with Crippen LogP contribution in [0.5, 0.6) is 5.75 Å². The minimum atomic E-state index is -0.438. The van der Waals surface area contributed by atoms with Crippen molar-refractivity contribution in [2.45, 2.75) is 13.5 Å². The maximum Gasteiger partial charge on any atom is 0.302 e. The van der Waals surface area contributed by atoms with E-state index in [0.717, 1.165) is 0 Å². The monoisotopic (exact) mass is 197 g/mol. The van der Waals surface area contributed by atoms with Gasteiger partial charge in [0.1, 0.15) is 18.2 Å². The molecule has 0 aromatic heterocycles. The van der Waals surface area contributed by atoms with E-state index in [-0.39, 0.29) is 6.61 Å². The van der Waals surface area contributed by atoms with E-state index in [2.05, 4.69) is 4.74 Å². The van der Waals surface area contributed by atoms with E-state index in [1.165, 1.54) is 32.2 Å². The molecule has 0 spiro atoms. The molecule has 3 nitrogen and oxygen atoms in total. The number of benzene rings is 1. The predicted molar refractivity (Wildman–Crippen MR) is 48.4 cm³/mol. The smallest absolute Gasteiger partial charge is 0.302 e. The van der Waals surface area contributed by atoms with Crippen LogP contribution in [0.4, 0.5) is 4.39 Å². The minimum absolute atomic E-state index is 0.0711. The third-order valence-corrected chi connectivity index (χ3v) is 1.68. The van der Waals surface area contributed by atoms with Gasteiger partial charge >= 0.3 is 5.97 Å². The summed E-state index contributed by atoms with van der Waals surface area (Å²) in [7, 11) is 1.49. The Hall–Kier alpha value is -1.58. The maximum absolute atomic E-state index is 13.1. The highest BCUT2D eigenvalue weighted by atomic mass is 18.2. The molecule has 0 aliphatic heterocycles. The molecule has 0 unspecified atom stereocenters. The molecule has 0 bridgehead atoms. The second-order valence-corrected chi connectivity index (χ2v) is 2.74. The number of esters is 1. The molecular weight excluding hydrogens is 186 g/mol. The van der Waals surface area contributed by atoms with Crippen molar-refractivity contribution in [3.63, 3.8) is 0 Å². The number of rotatable bonds is 3. The highest BCUT2D eigenvalue weighted by Crippen LogP contribution is 2.17. The van der Waals surface area contributed by atoms with Crippen LogP contribution < -0.4 is 4.74 Å². The van der Waals surface area contributed by atoms with Gasteiger partial charge in [0, 0.05) is 12.5 Å². The Labute approximate surface area is 81.4 Å². The molecule has 76 valence electrons. The molecule has 0 amide bonds. The summed E-state index contributed by atoms with van der Waals surface area (Å²) in [4.78, 5) is 10.5. The standard InChI is InChI=1S/C10H11FO3/c1-7(12)14-6-8-5-9(13-2)3-4-10(8)11/h3-5H,6H2,1-2H3/i11-1. The van der Waals surface area contributed by atoms with E-state index in [4.69, 9.17) is 4.74 Å². The van der Waals surface area contributed by atoms with Crippen LogP contribution in [0.25, 0.3) is 0 Å². The summed E-state index contributed by atoms with van der Waals surface area (Å²) in [6.07, 6.45) is 0. The van der Waals surface area contributed by atoms with Crippen molar-refractivity contribution in [3.05, 3.63) is 29.6 Å². The highest BCUT2D eigenvalue weighted by Gasteiger charge is 2.05. The second kappa shape index (κ2) is 4.60. The fourth-order valence-electron chi connectivity index (χ4n) is 0.968. The van der Waals surface area contributed by atoms with Gasteiger partial charge in [-0.2, -0.15) is 0 Å². The molecule has 0 radical (unpaired) electrons. The van der Waals surface area contributed by atoms with E-state index in [1.807, 2.05) is 0 Å². The molecular formula is C10H11FO3. The third-order valence-electron chi connectivity index (χ3n) is 1.68. The highest BCUT2D eigenvalue weighted by molar-refractivity contribution is 5.65. The number of methoxy groups -OCH3 is 1. The summed E-state index contributed by atoms with van der Waals surface area (Å²) in [5, 5.41) is 0. The average molecular weight is 197 g/mol. The molecule has 1 aromatic rings. The minimum Gasteiger partial charge on any atom is -0.497 e. The van der Waals surface area contributed by atoms with Gasteiger partial charge in [-0.25, -0.2) is 4.39 Å². The Balaban J connectivity index is 2.78. The average Bonchev–Trinajstić information content (AvgIpc) is 2.16. The van der Waals surface area contributed by atoms with Crippen molar-refractivity contribution in [2.75, 3.05) is 7.11 Å². The summed E-state index contributed by atoms with van der Waals surface area (Å²) < 4.78 is 22.7. The number of hydrogen-bond donors (Lipinski definition) is 0. The molecule has 1 aromatic carbocycles. The summed E-state index contributed by atoms with van der Waals surface area (Å²) in [5.74, 6) is -0.312. The van der Waals surface area contributed by atoms with Crippen LogP contribution in [-0.4, -0.2) is 13.1 Å². The van der Waals surface area contributed by atoms with Crippen molar-refractivity contribution in [1.82, 2.24) is 0 Å². The summed E-state index contributed by atoms with van der Waals surface area (Å²) in [5.41, 5.74) is 0.305. The van der Waals surface area contributed by atoms with Crippen LogP contribution in [0, 0.1) is 5.82 Å². The van der Waals surface area contributed by atoms with Gasteiger partial charge in [0.05, 0.1) is 7.11 Å². The first kappa shape index (κ1) is 10.5. The van der Waals surface area contributed by atoms with Gasteiger partial charge in [-0.3, -0.25) is 4.79 Å². The Morgan fingerprint density at radius 3 is 2.79 bits per heavy atom. The number of ether oxygens (including phenoxy) is 2. The largest absolute Gasteiger partial charge is 0.497 e. The lowest BCUT2D eigenvalue weighted by atomic mass is 10.2. The molecule has 0 fully saturated rings. The molecule has 14 heavy (non-hydrogen) atoms. The zero-order valence-corrected chi connectivity index (χ0v) is 8.04. The first-order valence-electron chi connectivity index (χ1n) is 4.09. The molecule has 0 atom stereocenters. The van der Waals surface area contributed by atoms with E-state index < -0.39 is 11.8 Å². The van der Waals surface area contributed by atoms with Gasteiger partial charge in [-0.1, -0.05) is 0 Å². The number of carbonyl (C=O) groups is 1. The fourth-order valence-corrected chi connectivity index (χ4v) is 0.968. The van der Waals surface area contributed by atoms with Gasteiger partial charge in [0.25, 0.3) is 0 Å². The van der Waals surface area contributed by atoms with Crippen LogP contribution >= 0.6 is 0 Å². The van der Waals surface area contributed by atoms with E-state index >= 15 is 0 Å². The molecule has 0 heterocycles. The van der Waals surface area contributed by atoms with Gasteiger partial charge < -0.3 is 9.47 Å². The van der Waals surface area contributed by atoms with Gasteiger partial charge in [-0.05, 0) is 18.2 Å². The lowest BCUT2D eigenvalue weighted by molar-refractivity contribution is -0.142. The summed E-state index contributed by atoms with van der Waals surface area (Å²) >= 11 is 0. The van der Waals surface area contributed by atoms with Crippen molar-refractivity contribution in [3.8, 4) is 5.75 Å². The molecule has 0 aliphatic carbocycles. The molecule has 0 N–H and O–H groups in total. The Kier molecular flexibility index (Phi) is 3.45. The molecule has 4 heteroatoms. The van der Waals surface area contributed by atoms with Gasteiger partial charge in [0.2, 0.25) is 0 Å². The summed E-state index contributed by atoms with van der Waals surface area (Å²) in [6.45, 7) is 1.20. The molecule has 1 rings (SSSR count). The topological polar surface area (TPSA) is 35.5 Å². The Bertz CT molecular complexity index is 336. The Morgan fingerprint density at radius 2 is 2.21 bits per heavy atom. The lowest BCUT2D eigenvalue weighted by Crippen LogP contribution is -2.01. The molecule has 0 saturated heterocycles. The van der Waals surface area contributed by atoms with Crippen molar-refractivity contribution < 1.29 is 18.7 Å². The van der Waals surface area contributed by atoms with Crippen molar-refractivity contribution in [2.24, 2.45) is 0 Å². The van der Waals surface area contributed by atoms with E-state index in [9.17, 15) is 9.18 Å². The zero-order valence-electron chi connectivity index (χ0n) is 8.04. The van der Waals surface area contributed by atoms with Gasteiger partial charge in [-0.15, -0.1) is 0 Å². The van der Waals surface area contributed by atoms with Crippen LogP contribution in [0.15, 0.2) is 18.2 Å². The first-order chi connectivity index (χ1) is 6.63. The van der Waals surface area contributed by atoms with Crippen LogP contribution in [-0.2, 0) is 16.1 Å². The van der Waals surface area contributed by atoms with E-state index in [0.29, 0.717) is 11.3 Å². The van der Waals surface area contributed by atoms with E-state index in [1.54, 1.807) is 0 Å². The van der Waals surface area contributed by atoms with Crippen LogP contribution in [0.2, 0.25) is 0 Å². The van der Waals surface area contributed by atoms with Gasteiger partial charge in [0.15, 0.2) is 0 Å². The quantitative estimate of drug-likeness (QED) is 0.694. The van der Waals surface area contributed by atoms with Crippen molar-refractivity contribution >= 4 is 5.97 Å². The Morgan fingerprint density at radius 1 is 1.50 bits per heavy atom. The van der Waals surface area contributed by atoms with Crippen LogP contribution in [0.1, 0.15) is 12.5 Å². The lowest BCUT2D eigenvalue weighted by Gasteiger charge is -2.05. The SMILES string of the molecule is COc1ccc([18F])c(COC(C)=O)c1. The predicted octanol–water partition coefficient (Wildman–Crippen LogP) is 1.90. The van der Waals surface area contributed by atoms with Crippen LogP contribution in [0.3, 0.4) is 0 Å². The maximum atomic E-state index is 13.1. The second-order valence-electron chi connectivity index (χ2n) is 2.74. The zero-order chi connectivity index (χ0) is 10.6. The third kappa shape index (κ3) is 2.73. The molecule has 0 aliphatic rings. The first-order valence-corrected chi connectivity index (χ1v) is 4.09. The fraction of sp³-hybridized carbons (Fsp3) is 0.300. The normalized spacial score (nSPS) is 9.64.